The summed E-state index contributed by atoms with van der Waals surface area (Å²) < 4.78 is 0. The molecule has 6 nitrogen and oxygen atoms in total. The zero-order valence-electron chi connectivity index (χ0n) is 15.3. The molecule has 25 heavy (non-hydrogen) atoms. The topological polar surface area (TPSA) is 87.5 Å². The van der Waals surface area contributed by atoms with E-state index in [2.05, 4.69) is 39.8 Å². The van der Waals surface area contributed by atoms with E-state index in [1.54, 1.807) is 13.8 Å². The SMILES string of the molecule is CC(C)(CNC(=O)NCC1CCN(Cc2ccccc2)CC1)C(N)=O. The molecular weight excluding hydrogens is 316 g/mol. The van der Waals surface area contributed by atoms with Crippen LogP contribution in [-0.4, -0.2) is 43.0 Å². The smallest absolute Gasteiger partial charge is 0.314 e. The van der Waals surface area contributed by atoms with E-state index in [-0.39, 0.29) is 12.6 Å². The van der Waals surface area contributed by atoms with Gasteiger partial charge in [-0.2, -0.15) is 0 Å². The molecule has 0 aliphatic carbocycles. The standard InChI is InChI=1S/C19H30N4O2/c1-19(2,17(20)24)14-22-18(25)21-12-15-8-10-23(11-9-15)13-16-6-4-3-5-7-16/h3-7,15H,8-14H2,1-2H3,(H2,20,24)(H2,21,22,25). The van der Waals surface area contributed by atoms with Gasteiger partial charge in [0.1, 0.15) is 0 Å². The van der Waals surface area contributed by atoms with Gasteiger partial charge in [0.25, 0.3) is 0 Å². The van der Waals surface area contributed by atoms with Crippen molar-refractivity contribution in [2.45, 2.75) is 33.2 Å². The number of nitrogens with two attached hydrogens (primary N) is 1. The number of likely N-dealkylation sites (tertiary alicyclic amines) is 1. The molecule has 4 N–H and O–H groups in total. The highest BCUT2D eigenvalue weighted by Gasteiger charge is 2.25. The van der Waals surface area contributed by atoms with Crippen LogP contribution in [0.3, 0.4) is 0 Å². The van der Waals surface area contributed by atoms with Gasteiger partial charge < -0.3 is 16.4 Å². The van der Waals surface area contributed by atoms with E-state index in [0.717, 1.165) is 32.5 Å². The summed E-state index contributed by atoms with van der Waals surface area (Å²) in [7, 11) is 0. The van der Waals surface area contributed by atoms with Gasteiger partial charge >= 0.3 is 6.03 Å². The molecule has 0 radical (unpaired) electrons. The molecule has 0 spiro atoms. The fourth-order valence-corrected chi connectivity index (χ4v) is 2.88. The molecule has 1 aliphatic heterocycles. The van der Waals surface area contributed by atoms with Crippen molar-refractivity contribution >= 4 is 11.9 Å². The Morgan fingerprint density at radius 2 is 1.80 bits per heavy atom. The summed E-state index contributed by atoms with van der Waals surface area (Å²) in [6, 6.07) is 10.3. The van der Waals surface area contributed by atoms with Crippen molar-refractivity contribution in [3.05, 3.63) is 35.9 Å². The summed E-state index contributed by atoms with van der Waals surface area (Å²) in [5.41, 5.74) is 5.91. The Bertz CT molecular complexity index is 566. The molecule has 0 unspecified atom stereocenters. The second-order valence-corrected chi connectivity index (χ2v) is 7.52. The number of piperidine rings is 1. The van der Waals surface area contributed by atoms with Crippen molar-refractivity contribution in [3.8, 4) is 0 Å². The maximum absolute atomic E-state index is 11.9. The monoisotopic (exact) mass is 346 g/mol. The van der Waals surface area contributed by atoms with Crippen LogP contribution in [0.25, 0.3) is 0 Å². The third-order valence-corrected chi connectivity index (χ3v) is 4.87. The van der Waals surface area contributed by atoms with Gasteiger partial charge in [0.2, 0.25) is 5.91 Å². The van der Waals surface area contributed by atoms with Gasteiger partial charge in [-0.15, -0.1) is 0 Å². The lowest BCUT2D eigenvalue weighted by atomic mass is 9.93. The van der Waals surface area contributed by atoms with Crippen LogP contribution in [0.1, 0.15) is 32.3 Å². The first-order chi connectivity index (χ1) is 11.9. The van der Waals surface area contributed by atoms with Crippen molar-refractivity contribution in [2.75, 3.05) is 26.2 Å². The average molecular weight is 346 g/mol. The van der Waals surface area contributed by atoms with Crippen molar-refractivity contribution in [3.63, 3.8) is 0 Å². The number of hydrogen-bond acceptors (Lipinski definition) is 3. The van der Waals surface area contributed by atoms with Crippen LogP contribution in [0.5, 0.6) is 0 Å². The molecular formula is C19H30N4O2. The minimum Gasteiger partial charge on any atom is -0.369 e. The Balaban J connectivity index is 1.63. The van der Waals surface area contributed by atoms with Crippen molar-refractivity contribution in [2.24, 2.45) is 17.1 Å². The number of benzene rings is 1. The molecule has 0 atom stereocenters. The van der Waals surface area contributed by atoms with Gasteiger partial charge in [0.05, 0.1) is 5.41 Å². The lowest BCUT2D eigenvalue weighted by Crippen LogP contribution is -2.47. The summed E-state index contributed by atoms with van der Waals surface area (Å²) in [6.07, 6.45) is 2.17. The normalized spacial score (nSPS) is 16.4. The quantitative estimate of drug-likeness (QED) is 0.702. The molecule has 138 valence electrons. The zero-order chi connectivity index (χ0) is 18.3. The number of hydrogen-bond donors (Lipinski definition) is 3. The van der Waals surface area contributed by atoms with Gasteiger partial charge in [0.15, 0.2) is 0 Å². The van der Waals surface area contributed by atoms with Gasteiger partial charge in [-0.1, -0.05) is 30.3 Å². The average Bonchev–Trinajstić information content (AvgIpc) is 2.60. The van der Waals surface area contributed by atoms with Crippen LogP contribution in [0, 0.1) is 11.3 Å². The zero-order valence-corrected chi connectivity index (χ0v) is 15.3. The van der Waals surface area contributed by atoms with E-state index in [1.807, 2.05) is 6.07 Å². The Labute approximate surface area is 150 Å². The molecule has 2 rings (SSSR count). The number of nitrogens with zero attached hydrogens (tertiary/aromatic N) is 1. The fourth-order valence-electron chi connectivity index (χ4n) is 2.88. The van der Waals surface area contributed by atoms with E-state index >= 15 is 0 Å². The molecule has 1 fully saturated rings. The fraction of sp³-hybridized carbons (Fsp3) is 0.579. The van der Waals surface area contributed by atoms with E-state index < -0.39 is 11.3 Å². The predicted octanol–water partition coefficient (Wildman–Crippen LogP) is 1.71. The van der Waals surface area contributed by atoms with Gasteiger partial charge in [-0.25, -0.2) is 4.79 Å². The minimum absolute atomic E-state index is 0.235. The molecule has 0 bridgehead atoms. The summed E-state index contributed by atoms with van der Waals surface area (Å²) in [4.78, 5) is 25.6. The number of amides is 3. The van der Waals surface area contributed by atoms with Crippen molar-refractivity contribution in [1.29, 1.82) is 0 Å². The van der Waals surface area contributed by atoms with Crippen molar-refractivity contribution in [1.82, 2.24) is 15.5 Å². The maximum atomic E-state index is 11.9. The van der Waals surface area contributed by atoms with E-state index in [4.69, 9.17) is 5.73 Å². The van der Waals surface area contributed by atoms with E-state index in [0.29, 0.717) is 12.5 Å². The van der Waals surface area contributed by atoms with Crippen LogP contribution in [0.15, 0.2) is 30.3 Å². The largest absolute Gasteiger partial charge is 0.369 e. The number of rotatable bonds is 7. The highest BCUT2D eigenvalue weighted by molar-refractivity contribution is 5.81. The van der Waals surface area contributed by atoms with E-state index in [1.165, 1.54) is 5.56 Å². The van der Waals surface area contributed by atoms with Crippen molar-refractivity contribution < 1.29 is 9.59 Å². The van der Waals surface area contributed by atoms with Gasteiger partial charge in [-0.3, -0.25) is 9.69 Å². The molecule has 1 heterocycles. The number of carbonyl (C=O) groups excluding carboxylic acids is 2. The molecule has 1 saturated heterocycles. The van der Waals surface area contributed by atoms with E-state index in [9.17, 15) is 9.59 Å². The summed E-state index contributed by atoms with van der Waals surface area (Å²) in [5, 5.41) is 5.63. The predicted molar refractivity (Wildman–Crippen MR) is 98.8 cm³/mol. The summed E-state index contributed by atoms with van der Waals surface area (Å²) >= 11 is 0. The summed E-state index contributed by atoms with van der Waals surface area (Å²) in [5.74, 6) is 0.0838. The number of urea groups is 1. The molecule has 0 saturated carbocycles. The lowest BCUT2D eigenvalue weighted by molar-refractivity contribution is -0.125. The second kappa shape index (κ2) is 8.85. The minimum atomic E-state index is -0.736. The highest BCUT2D eigenvalue weighted by atomic mass is 16.2. The third kappa shape index (κ3) is 6.38. The summed E-state index contributed by atoms with van der Waals surface area (Å²) in [6.45, 7) is 7.45. The number of nitrogens with one attached hydrogen (secondary N) is 2. The molecule has 0 aromatic heterocycles. The van der Waals surface area contributed by atoms with Gasteiger partial charge in [-0.05, 0) is 51.3 Å². The van der Waals surface area contributed by atoms with Crippen LogP contribution < -0.4 is 16.4 Å². The Morgan fingerprint density at radius 3 is 2.40 bits per heavy atom. The molecule has 1 aromatic rings. The second-order valence-electron chi connectivity index (χ2n) is 7.52. The highest BCUT2D eigenvalue weighted by Crippen LogP contribution is 2.18. The first kappa shape index (κ1) is 19.2. The Morgan fingerprint density at radius 1 is 1.16 bits per heavy atom. The first-order valence-electron chi connectivity index (χ1n) is 8.95. The lowest BCUT2D eigenvalue weighted by Gasteiger charge is -2.32. The number of carbonyl (C=O) groups is 2. The maximum Gasteiger partial charge on any atom is 0.314 e. The van der Waals surface area contributed by atoms with Gasteiger partial charge in [0, 0.05) is 19.6 Å². The van der Waals surface area contributed by atoms with Crippen LogP contribution in [0.2, 0.25) is 0 Å². The third-order valence-electron chi connectivity index (χ3n) is 4.87. The molecule has 1 aliphatic rings. The Hall–Kier alpha value is -2.08. The Kier molecular flexibility index (Phi) is 6.82. The molecule has 3 amide bonds. The first-order valence-corrected chi connectivity index (χ1v) is 8.95. The molecule has 1 aromatic carbocycles. The van der Waals surface area contributed by atoms with Crippen LogP contribution >= 0.6 is 0 Å². The molecule has 6 heteroatoms. The van der Waals surface area contributed by atoms with Crippen LogP contribution in [-0.2, 0) is 11.3 Å². The number of primary amides is 1. The van der Waals surface area contributed by atoms with Crippen LogP contribution in [0.4, 0.5) is 4.79 Å².